The molecular weight excluding hydrogens is 361 g/mol. The molecule has 0 aliphatic rings. The Bertz CT molecular complexity index is 702. The van der Waals surface area contributed by atoms with Gasteiger partial charge in [0.2, 0.25) is 11.5 Å². The van der Waals surface area contributed by atoms with Crippen LogP contribution in [0.25, 0.3) is 22.8 Å². The van der Waals surface area contributed by atoms with Gasteiger partial charge in [-0.1, -0.05) is 70.6 Å². The van der Waals surface area contributed by atoms with Gasteiger partial charge in [-0.25, -0.2) is 0 Å². The lowest BCUT2D eigenvalue weighted by Crippen LogP contribution is -2.07. The molecular formula is C17H15INO+. The molecule has 0 atom stereocenters. The second-order valence-corrected chi connectivity index (χ2v) is 5.49. The molecule has 0 fully saturated rings. The molecule has 0 aliphatic carbocycles. The van der Waals surface area contributed by atoms with Crippen LogP contribution in [0.2, 0.25) is 0 Å². The summed E-state index contributed by atoms with van der Waals surface area (Å²) in [4.78, 5) is 3.39. The van der Waals surface area contributed by atoms with Crippen LogP contribution in [-0.4, -0.2) is 0 Å². The van der Waals surface area contributed by atoms with Crippen molar-refractivity contribution in [2.75, 3.05) is 0 Å². The maximum absolute atomic E-state index is 6.06. The van der Waals surface area contributed by atoms with E-state index < -0.39 is 0 Å². The molecule has 100 valence electrons. The molecule has 0 saturated heterocycles. The Labute approximate surface area is 132 Å². The smallest absolute Gasteiger partial charge is 0.379 e. The number of halogens is 1. The third-order valence-electron chi connectivity index (χ3n) is 3.23. The zero-order valence-corrected chi connectivity index (χ0v) is 13.3. The molecule has 1 heterocycles. The van der Waals surface area contributed by atoms with Crippen LogP contribution >= 0.6 is 22.6 Å². The minimum Gasteiger partial charge on any atom is -0.397 e. The second-order valence-electron chi connectivity index (χ2n) is 4.73. The predicted octanol–water partition coefficient (Wildman–Crippen LogP) is 4.67. The summed E-state index contributed by atoms with van der Waals surface area (Å²) in [7, 11) is 0. The van der Waals surface area contributed by atoms with Crippen molar-refractivity contribution in [1.29, 1.82) is 0 Å². The number of aryl methyl sites for hydroxylation is 1. The fourth-order valence-electron chi connectivity index (χ4n) is 2.14. The van der Waals surface area contributed by atoms with Crippen molar-refractivity contribution in [3.63, 3.8) is 0 Å². The molecule has 0 saturated carbocycles. The Hall–Kier alpha value is -1.62. The van der Waals surface area contributed by atoms with Crippen LogP contribution in [0.4, 0.5) is 0 Å². The number of oxazole rings is 1. The molecule has 20 heavy (non-hydrogen) atoms. The van der Waals surface area contributed by atoms with Gasteiger partial charge in [-0.3, -0.25) is 0 Å². The minimum absolute atomic E-state index is 0.815. The maximum atomic E-state index is 6.06. The van der Waals surface area contributed by atoms with Crippen molar-refractivity contribution in [2.45, 2.75) is 11.4 Å². The Morgan fingerprint density at radius 3 is 2.30 bits per heavy atom. The van der Waals surface area contributed by atoms with Gasteiger partial charge < -0.3 is 4.42 Å². The molecule has 0 bridgehead atoms. The van der Waals surface area contributed by atoms with E-state index in [4.69, 9.17) is 4.42 Å². The van der Waals surface area contributed by atoms with Crippen molar-refractivity contribution < 1.29 is 9.40 Å². The summed E-state index contributed by atoms with van der Waals surface area (Å²) < 4.78 is 6.94. The van der Waals surface area contributed by atoms with Gasteiger partial charge in [-0.05, 0) is 19.1 Å². The Kier molecular flexibility index (Phi) is 3.87. The molecule has 0 unspecified atom stereocenters. The van der Waals surface area contributed by atoms with Gasteiger partial charge in [0.1, 0.15) is 0 Å². The fourth-order valence-corrected chi connectivity index (χ4v) is 2.67. The summed E-state index contributed by atoms with van der Waals surface area (Å²) >= 11 is 2.35. The topological polar surface area (TPSA) is 27.3 Å². The minimum atomic E-state index is 0.815. The number of H-pyrrole nitrogens is 1. The van der Waals surface area contributed by atoms with Crippen molar-refractivity contribution >= 4 is 22.6 Å². The Morgan fingerprint density at radius 2 is 1.65 bits per heavy atom. The number of nitrogens with one attached hydrogen (secondary N) is 1. The molecule has 1 aromatic heterocycles. The third-order valence-corrected chi connectivity index (χ3v) is 3.99. The summed E-state index contributed by atoms with van der Waals surface area (Å²) in [5.74, 6) is 1.74. The molecule has 0 aliphatic heterocycles. The first-order chi connectivity index (χ1) is 9.78. The van der Waals surface area contributed by atoms with E-state index in [-0.39, 0.29) is 0 Å². The van der Waals surface area contributed by atoms with Crippen LogP contribution in [-0.2, 0) is 4.43 Å². The molecule has 3 heteroatoms. The molecule has 3 rings (SSSR count). The highest BCUT2D eigenvalue weighted by atomic mass is 127. The lowest BCUT2D eigenvalue weighted by molar-refractivity contribution is -0.377. The van der Waals surface area contributed by atoms with Gasteiger partial charge >= 0.3 is 5.89 Å². The first-order valence-electron chi connectivity index (χ1n) is 6.51. The molecule has 3 aromatic rings. The molecule has 0 spiro atoms. The van der Waals surface area contributed by atoms with Gasteiger partial charge in [0.05, 0.1) is 9.99 Å². The van der Waals surface area contributed by atoms with E-state index in [1.54, 1.807) is 0 Å². The number of alkyl halides is 1. The van der Waals surface area contributed by atoms with Gasteiger partial charge in [0, 0.05) is 5.56 Å². The molecule has 0 radical (unpaired) electrons. The van der Waals surface area contributed by atoms with Crippen LogP contribution in [0.1, 0.15) is 11.3 Å². The number of hydrogen-bond acceptors (Lipinski definition) is 1. The zero-order chi connectivity index (χ0) is 13.9. The van der Waals surface area contributed by atoms with Gasteiger partial charge in [-0.15, -0.1) is 0 Å². The maximum Gasteiger partial charge on any atom is 0.379 e. The summed E-state index contributed by atoms with van der Waals surface area (Å²) in [6, 6.07) is 18.6. The van der Waals surface area contributed by atoms with E-state index >= 15 is 0 Å². The van der Waals surface area contributed by atoms with Crippen LogP contribution in [0.15, 0.2) is 59.0 Å². The molecule has 2 nitrogen and oxygen atoms in total. The van der Waals surface area contributed by atoms with E-state index in [9.17, 15) is 0 Å². The molecule has 0 amide bonds. The van der Waals surface area contributed by atoms with Crippen LogP contribution < -0.4 is 4.98 Å². The van der Waals surface area contributed by atoms with Crippen molar-refractivity contribution in [3.8, 4) is 22.8 Å². The van der Waals surface area contributed by atoms with E-state index in [1.165, 1.54) is 5.56 Å². The lowest BCUT2D eigenvalue weighted by Gasteiger charge is -1.94. The molecule has 2 aromatic carbocycles. The highest BCUT2D eigenvalue weighted by Crippen LogP contribution is 2.28. The van der Waals surface area contributed by atoms with Gasteiger partial charge in [0.15, 0.2) is 0 Å². The van der Waals surface area contributed by atoms with Crippen molar-refractivity contribution in [3.05, 3.63) is 65.9 Å². The Balaban J connectivity index is 2.07. The monoisotopic (exact) mass is 376 g/mol. The van der Waals surface area contributed by atoms with E-state index in [1.807, 2.05) is 18.2 Å². The average Bonchev–Trinajstić information content (AvgIpc) is 2.93. The first kappa shape index (κ1) is 13.4. The van der Waals surface area contributed by atoms with Crippen LogP contribution in [0.3, 0.4) is 0 Å². The van der Waals surface area contributed by atoms with Crippen LogP contribution in [0.5, 0.6) is 0 Å². The van der Waals surface area contributed by atoms with E-state index in [2.05, 4.69) is 70.9 Å². The third kappa shape index (κ3) is 2.63. The largest absolute Gasteiger partial charge is 0.397 e. The summed E-state index contributed by atoms with van der Waals surface area (Å²) in [5.41, 5.74) is 4.54. The van der Waals surface area contributed by atoms with E-state index in [0.29, 0.717) is 0 Å². The highest BCUT2D eigenvalue weighted by molar-refractivity contribution is 14.1. The summed E-state index contributed by atoms with van der Waals surface area (Å²) in [6.07, 6.45) is 0. The SMILES string of the molecule is Cc1ccc(-c2[nH+]c(CI)c(-c3ccccc3)o2)cc1. The number of aromatic nitrogens is 1. The van der Waals surface area contributed by atoms with Crippen molar-refractivity contribution in [2.24, 2.45) is 0 Å². The van der Waals surface area contributed by atoms with E-state index in [0.717, 1.165) is 32.9 Å². The first-order valence-corrected chi connectivity index (χ1v) is 8.04. The van der Waals surface area contributed by atoms with Gasteiger partial charge in [0.25, 0.3) is 0 Å². The highest BCUT2D eigenvalue weighted by Gasteiger charge is 2.21. The zero-order valence-electron chi connectivity index (χ0n) is 11.2. The quantitative estimate of drug-likeness (QED) is 0.482. The Morgan fingerprint density at radius 1 is 0.950 bits per heavy atom. The lowest BCUT2D eigenvalue weighted by atomic mass is 10.1. The number of rotatable bonds is 3. The predicted molar refractivity (Wildman–Crippen MR) is 88.6 cm³/mol. The second kappa shape index (κ2) is 5.79. The standard InChI is InChI=1S/C17H14INO/c1-12-7-9-14(10-8-12)17-19-15(11-18)16(20-17)13-5-3-2-4-6-13/h2-10H,11H2,1H3/p+1. The average molecular weight is 376 g/mol. The number of benzene rings is 2. The van der Waals surface area contributed by atoms with Gasteiger partial charge in [-0.2, -0.15) is 4.98 Å². The van der Waals surface area contributed by atoms with Crippen molar-refractivity contribution in [1.82, 2.24) is 0 Å². The van der Waals surface area contributed by atoms with Crippen LogP contribution in [0, 0.1) is 6.92 Å². The number of hydrogen-bond donors (Lipinski definition) is 0. The summed E-state index contributed by atoms with van der Waals surface area (Å²) in [5, 5.41) is 0. The number of aromatic amines is 1. The fraction of sp³-hybridized carbons (Fsp3) is 0.118. The normalized spacial score (nSPS) is 10.7. The molecule has 1 N–H and O–H groups in total. The summed E-state index contributed by atoms with van der Waals surface area (Å²) in [6.45, 7) is 2.08.